The quantitative estimate of drug-likeness (QED) is 0.568. The molecule has 1 aromatic rings. The van der Waals surface area contributed by atoms with Crippen LogP contribution in [0.2, 0.25) is 0 Å². The van der Waals surface area contributed by atoms with E-state index in [1.807, 2.05) is 12.1 Å². The summed E-state index contributed by atoms with van der Waals surface area (Å²) in [6.45, 7) is 0.746. The summed E-state index contributed by atoms with van der Waals surface area (Å²) in [4.78, 5) is 23.8. The summed E-state index contributed by atoms with van der Waals surface area (Å²) in [7, 11) is 1.67. The molecule has 1 aromatic carbocycles. The molecule has 0 unspecified atom stereocenters. The lowest BCUT2D eigenvalue weighted by Gasteiger charge is -2.26. The maximum atomic E-state index is 12.6. The van der Waals surface area contributed by atoms with Gasteiger partial charge in [0.05, 0.1) is 0 Å². The van der Waals surface area contributed by atoms with Gasteiger partial charge in [-0.2, -0.15) is 0 Å². The number of nitrogens with two attached hydrogens (primary N) is 1. The minimum absolute atomic E-state index is 0.0975. The van der Waals surface area contributed by atoms with Crippen LogP contribution in [0.3, 0.4) is 0 Å². The number of carbonyl (C=O) groups is 2. The Morgan fingerprint density at radius 3 is 2.33 bits per heavy atom. The number of hydrogen-bond acceptors (Lipinski definition) is 3. The lowest BCUT2D eigenvalue weighted by atomic mass is 9.78. The number of unbranched alkanes of at least 4 members (excludes halogenated alkanes) is 1. The zero-order chi connectivity index (χ0) is 17.4. The highest BCUT2D eigenvalue weighted by atomic mass is 16.1. The van der Waals surface area contributed by atoms with Crippen LogP contribution in [-0.4, -0.2) is 25.3 Å². The van der Waals surface area contributed by atoms with Gasteiger partial charge in [-0.3, -0.25) is 9.59 Å². The Balaban J connectivity index is 1.79. The van der Waals surface area contributed by atoms with Crippen LogP contribution >= 0.6 is 0 Å². The Bertz CT molecular complexity index is 531. The lowest BCUT2D eigenvalue weighted by Crippen LogP contribution is -2.25. The number of nitrogens with one attached hydrogen (secondary N) is 1. The summed E-state index contributed by atoms with van der Waals surface area (Å²) in [5.41, 5.74) is 7.79. The van der Waals surface area contributed by atoms with Crippen LogP contribution in [0.1, 0.15) is 60.9 Å². The molecule has 0 spiro atoms. The second-order valence-electron chi connectivity index (χ2n) is 6.89. The lowest BCUT2D eigenvalue weighted by molar-refractivity contribution is -0.120. The van der Waals surface area contributed by atoms with Gasteiger partial charge < -0.3 is 11.1 Å². The predicted octanol–water partition coefficient (Wildman–Crippen LogP) is 3.09. The first kappa shape index (κ1) is 18.7. The van der Waals surface area contributed by atoms with Crippen molar-refractivity contribution in [2.45, 2.75) is 51.4 Å². The first-order valence-electron chi connectivity index (χ1n) is 9.17. The summed E-state index contributed by atoms with van der Waals surface area (Å²) in [5, 5.41) is 2.64. The molecular formula is C20H30N2O2. The van der Waals surface area contributed by atoms with E-state index < -0.39 is 0 Å². The van der Waals surface area contributed by atoms with Crippen molar-refractivity contribution in [2.75, 3.05) is 13.6 Å². The number of benzene rings is 1. The molecule has 0 bridgehead atoms. The standard InChI is InChI=1S/C20H30N2O2/c1-22-19(23)5-3-2-4-15-6-10-17(11-7-15)20(24)18-12-8-16(14-21)9-13-18/h6-7,10-11,16,18H,2-5,8-9,12-14,21H2,1H3,(H,22,23). The van der Waals surface area contributed by atoms with Crippen LogP contribution in [0.15, 0.2) is 24.3 Å². The molecule has 0 aliphatic heterocycles. The van der Waals surface area contributed by atoms with E-state index in [0.717, 1.165) is 57.1 Å². The van der Waals surface area contributed by atoms with E-state index in [-0.39, 0.29) is 17.6 Å². The minimum atomic E-state index is 0.0975. The van der Waals surface area contributed by atoms with E-state index in [4.69, 9.17) is 5.73 Å². The normalized spacial score (nSPS) is 20.6. The molecule has 132 valence electrons. The molecule has 1 saturated carbocycles. The third-order valence-electron chi connectivity index (χ3n) is 5.19. The number of hydrogen-bond donors (Lipinski definition) is 2. The molecular weight excluding hydrogens is 300 g/mol. The highest BCUT2D eigenvalue weighted by Crippen LogP contribution is 2.30. The smallest absolute Gasteiger partial charge is 0.219 e. The van der Waals surface area contributed by atoms with Gasteiger partial charge in [-0.05, 0) is 63.0 Å². The van der Waals surface area contributed by atoms with Crippen molar-refractivity contribution in [1.29, 1.82) is 0 Å². The summed E-state index contributed by atoms with van der Waals surface area (Å²) in [5.74, 6) is 1.16. The molecule has 4 heteroatoms. The number of amides is 1. The summed E-state index contributed by atoms with van der Waals surface area (Å²) < 4.78 is 0. The first-order chi connectivity index (χ1) is 11.6. The van der Waals surface area contributed by atoms with Gasteiger partial charge >= 0.3 is 0 Å². The van der Waals surface area contributed by atoms with Gasteiger partial charge in [0.15, 0.2) is 5.78 Å². The zero-order valence-electron chi connectivity index (χ0n) is 14.7. The van der Waals surface area contributed by atoms with Crippen molar-refractivity contribution >= 4 is 11.7 Å². The largest absolute Gasteiger partial charge is 0.359 e. The maximum Gasteiger partial charge on any atom is 0.219 e. The summed E-state index contributed by atoms with van der Waals surface area (Å²) >= 11 is 0. The number of Topliss-reactive ketones (excluding diaryl/α,β-unsaturated/α-hetero) is 1. The Labute approximate surface area is 145 Å². The monoisotopic (exact) mass is 330 g/mol. The van der Waals surface area contributed by atoms with Gasteiger partial charge in [0.2, 0.25) is 5.91 Å². The molecule has 0 radical (unpaired) electrons. The first-order valence-corrected chi connectivity index (χ1v) is 9.17. The molecule has 1 amide bonds. The van der Waals surface area contributed by atoms with E-state index in [2.05, 4.69) is 17.4 Å². The van der Waals surface area contributed by atoms with Gasteiger partial charge in [0, 0.05) is 24.9 Å². The Hall–Kier alpha value is -1.68. The highest BCUT2D eigenvalue weighted by molar-refractivity contribution is 5.97. The van der Waals surface area contributed by atoms with Crippen molar-refractivity contribution in [2.24, 2.45) is 17.6 Å². The van der Waals surface area contributed by atoms with Crippen molar-refractivity contribution in [1.82, 2.24) is 5.32 Å². The predicted molar refractivity (Wildman–Crippen MR) is 96.9 cm³/mol. The van der Waals surface area contributed by atoms with E-state index in [1.54, 1.807) is 7.05 Å². The fraction of sp³-hybridized carbons (Fsp3) is 0.600. The molecule has 0 atom stereocenters. The zero-order valence-corrected chi connectivity index (χ0v) is 14.7. The van der Waals surface area contributed by atoms with Crippen LogP contribution in [0.25, 0.3) is 0 Å². The number of aryl methyl sites for hydroxylation is 1. The van der Waals surface area contributed by atoms with Gasteiger partial charge in [-0.15, -0.1) is 0 Å². The van der Waals surface area contributed by atoms with Crippen LogP contribution in [0.5, 0.6) is 0 Å². The Kier molecular flexibility index (Phi) is 7.44. The van der Waals surface area contributed by atoms with Crippen molar-refractivity contribution in [3.63, 3.8) is 0 Å². The second-order valence-corrected chi connectivity index (χ2v) is 6.89. The van der Waals surface area contributed by atoms with E-state index >= 15 is 0 Å². The molecule has 1 fully saturated rings. The number of carbonyl (C=O) groups excluding carboxylic acids is 2. The molecule has 0 aromatic heterocycles. The van der Waals surface area contributed by atoms with Crippen LogP contribution in [-0.2, 0) is 11.2 Å². The average molecular weight is 330 g/mol. The number of rotatable bonds is 8. The molecule has 3 N–H and O–H groups in total. The average Bonchev–Trinajstić information content (AvgIpc) is 2.65. The van der Waals surface area contributed by atoms with Gasteiger partial charge in [0.1, 0.15) is 0 Å². The molecule has 0 saturated heterocycles. The van der Waals surface area contributed by atoms with E-state index in [9.17, 15) is 9.59 Å². The minimum Gasteiger partial charge on any atom is -0.359 e. The topological polar surface area (TPSA) is 72.2 Å². The number of ketones is 1. The molecule has 1 aliphatic rings. The fourth-order valence-electron chi connectivity index (χ4n) is 3.47. The van der Waals surface area contributed by atoms with Crippen LogP contribution < -0.4 is 11.1 Å². The molecule has 1 aliphatic carbocycles. The Morgan fingerprint density at radius 2 is 1.75 bits per heavy atom. The van der Waals surface area contributed by atoms with Crippen LogP contribution in [0, 0.1) is 11.8 Å². The highest BCUT2D eigenvalue weighted by Gasteiger charge is 2.26. The summed E-state index contributed by atoms with van der Waals surface area (Å²) in [6, 6.07) is 8.04. The van der Waals surface area contributed by atoms with Crippen LogP contribution in [0.4, 0.5) is 0 Å². The molecule has 24 heavy (non-hydrogen) atoms. The van der Waals surface area contributed by atoms with Gasteiger partial charge in [-0.25, -0.2) is 0 Å². The van der Waals surface area contributed by atoms with Crippen molar-refractivity contribution < 1.29 is 9.59 Å². The van der Waals surface area contributed by atoms with Crippen molar-refractivity contribution in [3.8, 4) is 0 Å². The Morgan fingerprint density at radius 1 is 1.08 bits per heavy atom. The van der Waals surface area contributed by atoms with E-state index in [0.29, 0.717) is 12.3 Å². The maximum absolute atomic E-state index is 12.6. The molecule has 0 heterocycles. The fourth-order valence-corrected chi connectivity index (χ4v) is 3.47. The molecule has 2 rings (SSSR count). The van der Waals surface area contributed by atoms with Gasteiger partial charge in [0.25, 0.3) is 0 Å². The second kappa shape index (κ2) is 9.58. The third-order valence-corrected chi connectivity index (χ3v) is 5.19. The summed E-state index contributed by atoms with van der Waals surface area (Å²) in [6.07, 6.45) is 7.52. The van der Waals surface area contributed by atoms with E-state index in [1.165, 1.54) is 5.56 Å². The van der Waals surface area contributed by atoms with Gasteiger partial charge in [-0.1, -0.05) is 24.3 Å². The molecule has 4 nitrogen and oxygen atoms in total. The third kappa shape index (κ3) is 5.45. The van der Waals surface area contributed by atoms with Crippen molar-refractivity contribution in [3.05, 3.63) is 35.4 Å². The SMILES string of the molecule is CNC(=O)CCCCc1ccc(C(=O)C2CCC(CN)CC2)cc1.